The van der Waals surface area contributed by atoms with E-state index in [1.165, 1.54) is 4.90 Å². The first-order chi connectivity index (χ1) is 7.50. The Morgan fingerprint density at radius 3 is 2.69 bits per heavy atom. The predicted octanol–water partition coefficient (Wildman–Crippen LogP) is -1.40. The number of imide groups is 1. The minimum Gasteiger partial charge on any atom is -0.329 e. The van der Waals surface area contributed by atoms with E-state index in [-0.39, 0.29) is 19.0 Å². The third-order valence-electron chi connectivity index (χ3n) is 3.38. The molecule has 3 amide bonds. The summed E-state index contributed by atoms with van der Waals surface area (Å²) < 4.78 is 0. The number of piperazine rings is 1. The van der Waals surface area contributed by atoms with Gasteiger partial charge in [0.25, 0.3) is 0 Å². The molecule has 1 unspecified atom stereocenters. The zero-order chi connectivity index (χ0) is 11.9. The van der Waals surface area contributed by atoms with Crippen LogP contribution in [0.25, 0.3) is 0 Å². The molecule has 2 aliphatic rings. The number of hydrogen-bond acceptors (Lipinski definition) is 4. The fraction of sp³-hybridized carbons (Fsp3) is 0.700. The number of nitrogens with two attached hydrogens (primary N) is 1. The van der Waals surface area contributed by atoms with Gasteiger partial charge in [0.1, 0.15) is 12.6 Å². The van der Waals surface area contributed by atoms with Crippen LogP contribution >= 0.6 is 0 Å². The van der Waals surface area contributed by atoms with Crippen molar-refractivity contribution in [3.63, 3.8) is 0 Å². The molecule has 0 radical (unpaired) electrons. The summed E-state index contributed by atoms with van der Waals surface area (Å²) in [5.41, 5.74) is 5.05. The van der Waals surface area contributed by atoms with Crippen LogP contribution in [0.5, 0.6) is 0 Å². The molecule has 0 spiro atoms. The smallest absolute Gasteiger partial charge is 0.249 e. The summed E-state index contributed by atoms with van der Waals surface area (Å²) in [4.78, 5) is 36.1. The number of hydrogen-bond donors (Lipinski definition) is 2. The van der Waals surface area contributed by atoms with Gasteiger partial charge in [0.15, 0.2) is 0 Å². The Morgan fingerprint density at radius 2 is 2.19 bits per heavy atom. The van der Waals surface area contributed by atoms with E-state index in [1.54, 1.807) is 6.92 Å². The van der Waals surface area contributed by atoms with E-state index >= 15 is 0 Å². The molecular weight excluding hydrogens is 210 g/mol. The summed E-state index contributed by atoms with van der Waals surface area (Å²) in [5, 5.41) is 2.20. The summed E-state index contributed by atoms with van der Waals surface area (Å²) >= 11 is 0. The van der Waals surface area contributed by atoms with Crippen LogP contribution in [0.4, 0.5) is 0 Å². The number of nitrogens with one attached hydrogen (secondary N) is 1. The van der Waals surface area contributed by atoms with E-state index in [9.17, 15) is 14.4 Å². The van der Waals surface area contributed by atoms with Crippen molar-refractivity contribution >= 4 is 17.7 Å². The monoisotopic (exact) mass is 225 g/mol. The molecule has 3 N–H and O–H groups in total. The van der Waals surface area contributed by atoms with Crippen LogP contribution < -0.4 is 11.1 Å². The van der Waals surface area contributed by atoms with Gasteiger partial charge in [-0.25, -0.2) is 0 Å². The standard InChI is InChI=1S/C10H15N3O3/c1-6-8(15)12-7(14)4-13(6)9(16)10(5-11)2-3-10/h6H,2-5,11H2,1H3,(H,12,14,15). The zero-order valence-electron chi connectivity index (χ0n) is 9.16. The SMILES string of the molecule is CC1C(=O)NC(=O)CN1C(=O)C1(CN)CC1. The lowest BCUT2D eigenvalue weighted by atomic mass is 10.0. The highest BCUT2D eigenvalue weighted by molar-refractivity contribution is 6.05. The van der Waals surface area contributed by atoms with Crippen molar-refractivity contribution in [3.8, 4) is 0 Å². The van der Waals surface area contributed by atoms with E-state index in [0.29, 0.717) is 0 Å². The van der Waals surface area contributed by atoms with Gasteiger partial charge in [-0.1, -0.05) is 0 Å². The van der Waals surface area contributed by atoms with Crippen LogP contribution in [0.3, 0.4) is 0 Å². The maximum atomic E-state index is 12.1. The predicted molar refractivity (Wildman–Crippen MR) is 55.0 cm³/mol. The third kappa shape index (κ3) is 1.59. The molecule has 0 aromatic heterocycles. The van der Waals surface area contributed by atoms with Crippen molar-refractivity contribution in [2.45, 2.75) is 25.8 Å². The van der Waals surface area contributed by atoms with E-state index in [1.807, 2.05) is 0 Å². The molecule has 6 heteroatoms. The topological polar surface area (TPSA) is 92.5 Å². The quantitative estimate of drug-likeness (QED) is 0.565. The van der Waals surface area contributed by atoms with Gasteiger partial charge in [-0.15, -0.1) is 0 Å². The molecule has 2 rings (SSSR count). The maximum absolute atomic E-state index is 12.1. The van der Waals surface area contributed by atoms with Gasteiger partial charge >= 0.3 is 0 Å². The Balaban J connectivity index is 2.16. The molecule has 1 saturated carbocycles. The molecular formula is C10H15N3O3. The molecule has 6 nitrogen and oxygen atoms in total. The van der Waals surface area contributed by atoms with Gasteiger partial charge in [0.05, 0.1) is 5.41 Å². The van der Waals surface area contributed by atoms with Crippen LogP contribution in [0, 0.1) is 5.41 Å². The van der Waals surface area contributed by atoms with Crippen LogP contribution in [0.2, 0.25) is 0 Å². The second-order valence-electron chi connectivity index (χ2n) is 4.51. The summed E-state index contributed by atoms with van der Waals surface area (Å²) in [6, 6.07) is -0.589. The Kier molecular flexibility index (Phi) is 2.46. The molecule has 0 bridgehead atoms. The third-order valence-corrected chi connectivity index (χ3v) is 3.38. The van der Waals surface area contributed by atoms with Crippen LogP contribution in [0.15, 0.2) is 0 Å². The maximum Gasteiger partial charge on any atom is 0.249 e. The van der Waals surface area contributed by atoms with E-state index in [0.717, 1.165) is 12.8 Å². The summed E-state index contributed by atoms with van der Waals surface area (Å²) in [5.74, 6) is -1.01. The van der Waals surface area contributed by atoms with E-state index in [4.69, 9.17) is 5.73 Å². The highest BCUT2D eigenvalue weighted by atomic mass is 16.2. The Morgan fingerprint density at radius 1 is 1.56 bits per heavy atom. The average molecular weight is 225 g/mol. The number of nitrogens with zero attached hydrogens (tertiary/aromatic N) is 1. The molecule has 1 atom stereocenters. The Labute approximate surface area is 93.1 Å². The lowest BCUT2D eigenvalue weighted by molar-refractivity contribution is -0.152. The van der Waals surface area contributed by atoms with Crippen molar-refractivity contribution in [2.24, 2.45) is 11.1 Å². The number of carbonyl (C=O) groups is 3. The molecule has 1 heterocycles. The molecule has 1 aliphatic heterocycles. The van der Waals surface area contributed by atoms with Gasteiger partial charge in [0.2, 0.25) is 17.7 Å². The molecule has 1 aliphatic carbocycles. The van der Waals surface area contributed by atoms with E-state index < -0.39 is 23.3 Å². The van der Waals surface area contributed by atoms with Crippen molar-refractivity contribution < 1.29 is 14.4 Å². The van der Waals surface area contributed by atoms with Gasteiger partial charge in [-0.3, -0.25) is 19.7 Å². The van der Waals surface area contributed by atoms with Crippen molar-refractivity contribution in [2.75, 3.05) is 13.1 Å². The minimum absolute atomic E-state index is 0.0481. The molecule has 0 aromatic rings. The fourth-order valence-electron chi connectivity index (χ4n) is 1.92. The van der Waals surface area contributed by atoms with Gasteiger partial charge in [0, 0.05) is 6.54 Å². The molecule has 16 heavy (non-hydrogen) atoms. The Hall–Kier alpha value is -1.43. The lowest BCUT2D eigenvalue weighted by Gasteiger charge is -2.34. The second-order valence-corrected chi connectivity index (χ2v) is 4.51. The first kappa shape index (κ1) is 11.1. The first-order valence-electron chi connectivity index (χ1n) is 5.35. The zero-order valence-corrected chi connectivity index (χ0v) is 9.16. The van der Waals surface area contributed by atoms with Gasteiger partial charge < -0.3 is 10.6 Å². The van der Waals surface area contributed by atoms with Crippen molar-refractivity contribution in [1.82, 2.24) is 10.2 Å². The summed E-state index contributed by atoms with van der Waals surface area (Å²) in [6.45, 7) is 1.85. The second kappa shape index (κ2) is 3.55. The van der Waals surface area contributed by atoms with Crippen LogP contribution in [-0.4, -0.2) is 41.8 Å². The van der Waals surface area contributed by atoms with Crippen LogP contribution in [-0.2, 0) is 14.4 Å². The highest BCUT2D eigenvalue weighted by Crippen LogP contribution is 2.46. The van der Waals surface area contributed by atoms with Crippen molar-refractivity contribution in [3.05, 3.63) is 0 Å². The normalized spacial score (nSPS) is 27.6. The molecule has 1 saturated heterocycles. The van der Waals surface area contributed by atoms with E-state index in [2.05, 4.69) is 5.32 Å². The highest BCUT2D eigenvalue weighted by Gasteiger charge is 2.52. The number of carbonyl (C=O) groups excluding carboxylic acids is 3. The number of rotatable bonds is 2. The summed E-state index contributed by atoms with van der Waals surface area (Å²) in [7, 11) is 0. The van der Waals surface area contributed by atoms with Gasteiger partial charge in [-0.2, -0.15) is 0 Å². The fourth-order valence-corrected chi connectivity index (χ4v) is 1.92. The minimum atomic E-state index is -0.589. The van der Waals surface area contributed by atoms with Crippen LogP contribution in [0.1, 0.15) is 19.8 Å². The molecule has 88 valence electrons. The lowest BCUT2D eigenvalue weighted by Crippen LogP contribution is -2.60. The number of amides is 3. The molecule has 0 aromatic carbocycles. The Bertz CT molecular complexity index is 362. The molecule has 2 fully saturated rings. The average Bonchev–Trinajstić information content (AvgIpc) is 3.03. The largest absolute Gasteiger partial charge is 0.329 e. The van der Waals surface area contributed by atoms with Gasteiger partial charge in [-0.05, 0) is 19.8 Å². The summed E-state index contributed by atoms with van der Waals surface area (Å²) in [6.07, 6.45) is 1.50. The first-order valence-corrected chi connectivity index (χ1v) is 5.35. The van der Waals surface area contributed by atoms with Crippen molar-refractivity contribution in [1.29, 1.82) is 0 Å².